The van der Waals surface area contributed by atoms with Crippen LogP contribution in [0.3, 0.4) is 0 Å². The number of rotatable bonds is 7. The second kappa shape index (κ2) is 10.2. The zero-order valence-corrected chi connectivity index (χ0v) is 19.2. The molecule has 0 aliphatic heterocycles. The summed E-state index contributed by atoms with van der Waals surface area (Å²) < 4.78 is 0. The topological polar surface area (TPSA) is 20.2 Å². The first-order valence-electron chi connectivity index (χ1n) is 11.8. The van der Waals surface area contributed by atoms with E-state index in [0.717, 1.165) is 24.8 Å². The molecule has 1 nitrogen and oxygen atoms in total. The first-order valence-corrected chi connectivity index (χ1v) is 11.8. The summed E-state index contributed by atoms with van der Waals surface area (Å²) >= 11 is 0. The highest BCUT2D eigenvalue weighted by Gasteiger charge is 2.14. The quantitative estimate of drug-likeness (QED) is 0.273. The van der Waals surface area contributed by atoms with E-state index in [4.69, 9.17) is 0 Å². The van der Waals surface area contributed by atoms with E-state index in [9.17, 15) is 5.11 Å². The fraction of sp³-hybridized carbons (Fsp3) is 0.0909. The Morgan fingerprint density at radius 1 is 0.412 bits per heavy atom. The minimum absolute atomic E-state index is 0.290. The van der Waals surface area contributed by atoms with Gasteiger partial charge in [0.1, 0.15) is 5.75 Å². The molecule has 0 heterocycles. The van der Waals surface area contributed by atoms with Gasteiger partial charge in [0, 0.05) is 0 Å². The lowest BCUT2D eigenvalue weighted by Crippen LogP contribution is -2.02. The van der Waals surface area contributed by atoms with Crippen LogP contribution in [0.2, 0.25) is 0 Å². The molecule has 0 atom stereocenters. The Labute approximate surface area is 202 Å². The van der Waals surface area contributed by atoms with Crippen molar-refractivity contribution in [2.45, 2.75) is 19.3 Å². The monoisotopic (exact) mass is 440 g/mol. The van der Waals surface area contributed by atoms with Gasteiger partial charge in [-0.3, -0.25) is 0 Å². The SMILES string of the molecule is Oc1ccc(-c2cc(Cc3ccccc3)c(Cc3ccccc3)cc2Cc2ccccc2)cc1. The summed E-state index contributed by atoms with van der Waals surface area (Å²) in [6, 6.07) is 44.4. The highest BCUT2D eigenvalue weighted by molar-refractivity contribution is 5.70. The molecule has 0 aromatic heterocycles. The molecule has 5 aromatic rings. The molecular weight excluding hydrogens is 412 g/mol. The van der Waals surface area contributed by atoms with Crippen LogP contribution in [-0.2, 0) is 19.3 Å². The smallest absolute Gasteiger partial charge is 0.115 e. The fourth-order valence-electron chi connectivity index (χ4n) is 4.57. The van der Waals surface area contributed by atoms with Crippen LogP contribution in [0.15, 0.2) is 127 Å². The van der Waals surface area contributed by atoms with Gasteiger partial charge in [0.15, 0.2) is 0 Å². The molecule has 5 rings (SSSR count). The van der Waals surface area contributed by atoms with Crippen molar-refractivity contribution < 1.29 is 5.11 Å². The number of phenols is 1. The Kier molecular flexibility index (Phi) is 6.54. The normalized spacial score (nSPS) is 10.8. The minimum Gasteiger partial charge on any atom is -0.508 e. The summed E-state index contributed by atoms with van der Waals surface area (Å²) in [4.78, 5) is 0. The van der Waals surface area contributed by atoms with Crippen LogP contribution in [0.1, 0.15) is 33.4 Å². The van der Waals surface area contributed by atoms with Crippen LogP contribution in [0, 0.1) is 0 Å². The first kappa shape index (κ1) is 21.7. The zero-order valence-electron chi connectivity index (χ0n) is 19.2. The lowest BCUT2D eigenvalue weighted by atomic mass is 9.86. The third-order valence-corrected chi connectivity index (χ3v) is 6.32. The molecule has 0 saturated carbocycles. The van der Waals surface area contributed by atoms with Gasteiger partial charge in [-0.2, -0.15) is 0 Å². The molecule has 0 saturated heterocycles. The Morgan fingerprint density at radius 3 is 1.29 bits per heavy atom. The Balaban J connectivity index is 1.64. The minimum atomic E-state index is 0.290. The number of benzene rings is 5. The third-order valence-electron chi connectivity index (χ3n) is 6.32. The summed E-state index contributed by atoms with van der Waals surface area (Å²) in [7, 11) is 0. The molecule has 1 N–H and O–H groups in total. The van der Waals surface area contributed by atoms with Crippen LogP contribution < -0.4 is 0 Å². The molecule has 166 valence electrons. The molecule has 0 unspecified atom stereocenters. The van der Waals surface area contributed by atoms with E-state index in [1.165, 1.54) is 38.9 Å². The van der Waals surface area contributed by atoms with Crippen molar-refractivity contribution in [3.05, 3.63) is 161 Å². The van der Waals surface area contributed by atoms with Gasteiger partial charge in [-0.25, -0.2) is 0 Å². The van der Waals surface area contributed by atoms with Gasteiger partial charge in [-0.15, -0.1) is 0 Å². The van der Waals surface area contributed by atoms with E-state index in [1.807, 2.05) is 12.1 Å². The Bertz CT molecular complexity index is 1340. The molecule has 0 aliphatic carbocycles. The molecule has 0 radical (unpaired) electrons. The van der Waals surface area contributed by atoms with E-state index in [1.54, 1.807) is 12.1 Å². The number of phenolic OH excluding ortho intramolecular Hbond substituents is 1. The molecular formula is C33H28O. The van der Waals surface area contributed by atoms with Gasteiger partial charge in [-0.05, 0) is 75.9 Å². The molecule has 0 bridgehead atoms. The van der Waals surface area contributed by atoms with E-state index >= 15 is 0 Å². The van der Waals surface area contributed by atoms with Gasteiger partial charge < -0.3 is 5.11 Å². The first-order chi connectivity index (χ1) is 16.7. The summed E-state index contributed by atoms with van der Waals surface area (Å²) in [5.74, 6) is 0.290. The highest BCUT2D eigenvalue weighted by Crippen LogP contribution is 2.32. The predicted molar refractivity (Wildman–Crippen MR) is 141 cm³/mol. The second-order valence-corrected chi connectivity index (χ2v) is 8.81. The average Bonchev–Trinajstić information content (AvgIpc) is 2.88. The van der Waals surface area contributed by atoms with E-state index in [-0.39, 0.29) is 0 Å². The van der Waals surface area contributed by atoms with E-state index in [2.05, 4.69) is 103 Å². The molecule has 5 aromatic carbocycles. The van der Waals surface area contributed by atoms with Crippen LogP contribution >= 0.6 is 0 Å². The summed E-state index contributed by atoms with van der Waals surface area (Å²) in [5.41, 5.74) is 10.3. The second-order valence-electron chi connectivity index (χ2n) is 8.81. The highest BCUT2D eigenvalue weighted by atomic mass is 16.3. The van der Waals surface area contributed by atoms with E-state index < -0.39 is 0 Å². The van der Waals surface area contributed by atoms with Crippen molar-refractivity contribution in [1.82, 2.24) is 0 Å². The summed E-state index contributed by atoms with van der Waals surface area (Å²) in [5, 5.41) is 9.87. The Hall–Kier alpha value is -4.10. The number of aromatic hydroxyl groups is 1. The van der Waals surface area contributed by atoms with Crippen LogP contribution in [0.25, 0.3) is 11.1 Å². The summed E-state index contributed by atoms with van der Waals surface area (Å²) in [6.45, 7) is 0. The van der Waals surface area contributed by atoms with Crippen LogP contribution in [0.5, 0.6) is 5.75 Å². The van der Waals surface area contributed by atoms with Crippen molar-refractivity contribution in [1.29, 1.82) is 0 Å². The standard InChI is InChI=1S/C33H28O/c34-32-18-16-28(17-19-32)33-24-30(21-26-12-6-2-7-13-26)29(20-25-10-4-1-5-11-25)23-31(33)22-27-14-8-3-9-15-27/h1-19,23-24,34H,20-22H2. The molecule has 0 aliphatic rings. The van der Waals surface area contributed by atoms with Gasteiger partial charge in [0.2, 0.25) is 0 Å². The van der Waals surface area contributed by atoms with Crippen molar-refractivity contribution in [3.8, 4) is 16.9 Å². The van der Waals surface area contributed by atoms with E-state index in [0.29, 0.717) is 5.75 Å². The van der Waals surface area contributed by atoms with Crippen molar-refractivity contribution >= 4 is 0 Å². The van der Waals surface area contributed by atoms with Crippen molar-refractivity contribution in [2.75, 3.05) is 0 Å². The van der Waals surface area contributed by atoms with Crippen molar-refractivity contribution in [2.24, 2.45) is 0 Å². The fourth-order valence-corrected chi connectivity index (χ4v) is 4.57. The maximum Gasteiger partial charge on any atom is 0.115 e. The lowest BCUT2D eigenvalue weighted by molar-refractivity contribution is 0.475. The summed E-state index contributed by atoms with van der Waals surface area (Å²) in [6.07, 6.45) is 2.66. The molecule has 0 amide bonds. The predicted octanol–water partition coefficient (Wildman–Crippen LogP) is 7.83. The van der Waals surface area contributed by atoms with Gasteiger partial charge in [0.05, 0.1) is 0 Å². The third kappa shape index (κ3) is 5.27. The van der Waals surface area contributed by atoms with Gasteiger partial charge in [-0.1, -0.05) is 115 Å². The van der Waals surface area contributed by atoms with Crippen molar-refractivity contribution in [3.63, 3.8) is 0 Å². The maximum atomic E-state index is 9.87. The average molecular weight is 441 g/mol. The zero-order chi connectivity index (χ0) is 23.2. The largest absolute Gasteiger partial charge is 0.508 e. The number of hydrogen-bond acceptors (Lipinski definition) is 1. The maximum absolute atomic E-state index is 9.87. The van der Waals surface area contributed by atoms with Crippen LogP contribution in [-0.4, -0.2) is 5.11 Å². The molecule has 34 heavy (non-hydrogen) atoms. The number of hydrogen-bond donors (Lipinski definition) is 1. The molecule has 0 spiro atoms. The molecule has 1 heteroatoms. The Morgan fingerprint density at radius 2 is 0.824 bits per heavy atom. The van der Waals surface area contributed by atoms with Crippen LogP contribution in [0.4, 0.5) is 0 Å². The van der Waals surface area contributed by atoms with Gasteiger partial charge in [0.25, 0.3) is 0 Å². The van der Waals surface area contributed by atoms with Gasteiger partial charge >= 0.3 is 0 Å². The molecule has 0 fully saturated rings. The lowest BCUT2D eigenvalue weighted by Gasteiger charge is -2.18.